The molecule has 4 aromatic carbocycles. The number of ether oxygens (including phenoxy) is 2. The van der Waals surface area contributed by atoms with Gasteiger partial charge in [-0.15, -0.1) is 13.2 Å². The number of carboxylic acids is 1. The number of hydrogen-bond acceptors (Lipinski definition) is 7. The lowest BCUT2D eigenvalue weighted by Crippen LogP contribution is -2.35. The van der Waals surface area contributed by atoms with E-state index in [2.05, 4.69) is 9.64 Å². The number of alkyl halides is 5. The highest BCUT2D eigenvalue weighted by molar-refractivity contribution is 5.85. The van der Waals surface area contributed by atoms with Crippen LogP contribution in [0.25, 0.3) is 44.8 Å². The maximum Gasteiger partial charge on any atom is 0.573 e. The number of aliphatic carboxylic acids is 1. The van der Waals surface area contributed by atoms with E-state index < -0.39 is 25.0 Å². The summed E-state index contributed by atoms with van der Waals surface area (Å²) in [6, 6.07) is 18.5. The van der Waals surface area contributed by atoms with Crippen molar-refractivity contribution in [1.29, 1.82) is 0 Å². The van der Waals surface area contributed by atoms with E-state index in [1.165, 1.54) is 12.1 Å². The fourth-order valence-corrected chi connectivity index (χ4v) is 7.61. The van der Waals surface area contributed by atoms with E-state index in [-0.39, 0.29) is 29.5 Å². The number of carbonyl (C=O) groups is 1. The topological polar surface area (TPSA) is 88.3 Å². The molecule has 0 bridgehead atoms. The number of benzene rings is 4. The monoisotopic (exact) mass is 735 g/mol. The number of nitrogens with zero attached hydrogens (tertiary/aromatic N) is 3. The van der Waals surface area contributed by atoms with Crippen LogP contribution in [0.2, 0.25) is 0 Å². The van der Waals surface area contributed by atoms with Crippen molar-refractivity contribution in [3.05, 3.63) is 89.0 Å². The van der Waals surface area contributed by atoms with Crippen molar-refractivity contribution < 1.29 is 45.7 Å². The number of carboxylic acid groups (broad SMARTS) is 1. The van der Waals surface area contributed by atoms with Crippen molar-refractivity contribution in [3.63, 3.8) is 0 Å². The van der Waals surface area contributed by atoms with Gasteiger partial charge >= 0.3 is 18.9 Å². The van der Waals surface area contributed by atoms with E-state index in [0.717, 1.165) is 53.7 Å². The summed E-state index contributed by atoms with van der Waals surface area (Å²) in [4.78, 5) is 20.3. The quantitative estimate of drug-likeness (QED) is 0.134. The van der Waals surface area contributed by atoms with Gasteiger partial charge in [0.05, 0.1) is 0 Å². The molecule has 1 aromatic heterocycles. The molecule has 1 N–H and O–H groups in total. The minimum atomic E-state index is -4.84. The second-order valence-corrected chi connectivity index (χ2v) is 13.6. The van der Waals surface area contributed by atoms with Crippen molar-refractivity contribution in [3.8, 4) is 45.2 Å². The standard InChI is InChI=1S/C40H38F5N3O5/c1-23-28(25-13-14-26(21-47-15-3-4-16-47)35(19-25)53-40(43,44)45)8-5-9-29(23)30-10-6-11-31(24(30)2)37-46-32-18-27(22-48-17-7-12-33(48)38(49)50)34(52-39(41)42)20-36(32)51-37/h5-6,8-11,13-14,18-20,33,39H,3-4,7,12,15-17,21-22H2,1-2H3,(H,49,50)/t33-/m0/s1. The second kappa shape index (κ2) is 14.8. The molecular weight excluding hydrogens is 697 g/mol. The number of hydrogen-bond donors (Lipinski definition) is 1. The van der Waals surface area contributed by atoms with Gasteiger partial charge in [-0.3, -0.25) is 14.6 Å². The Kier molecular flexibility index (Phi) is 10.1. The second-order valence-electron chi connectivity index (χ2n) is 13.6. The van der Waals surface area contributed by atoms with Gasteiger partial charge in [0, 0.05) is 35.8 Å². The van der Waals surface area contributed by atoms with E-state index in [9.17, 15) is 31.9 Å². The van der Waals surface area contributed by atoms with E-state index in [1.54, 1.807) is 17.0 Å². The van der Waals surface area contributed by atoms with Crippen molar-refractivity contribution in [1.82, 2.24) is 14.8 Å². The highest BCUT2D eigenvalue weighted by atomic mass is 19.4. The minimum absolute atomic E-state index is 0.0896. The molecule has 5 aromatic rings. The molecule has 278 valence electrons. The summed E-state index contributed by atoms with van der Waals surface area (Å²) in [5.41, 5.74) is 6.81. The maximum atomic E-state index is 13.5. The molecule has 2 fully saturated rings. The van der Waals surface area contributed by atoms with E-state index >= 15 is 0 Å². The Labute approximate surface area is 302 Å². The Morgan fingerprint density at radius 2 is 1.55 bits per heavy atom. The van der Waals surface area contributed by atoms with E-state index in [0.29, 0.717) is 53.7 Å². The van der Waals surface area contributed by atoms with Crippen LogP contribution < -0.4 is 9.47 Å². The van der Waals surface area contributed by atoms with Crippen LogP contribution in [-0.2, 0) is 17.9 Å². The van der Waals surface area contributed by atoms with Crippen LogP contribution in [0.15, 0.2) is 71.1 Å². The van der Waals surface area contributed by atoms with Gasteiger partial charge in [-0.25, -0.2) is 4.98 Å². The number of oxazole rings is 1. The van der Waals surface area contributed by atoms with Gasteiger partial charge in [0.25, 0.3) is 0 Å². The van der Waals surface area contributed by atoms with Crippen molar-refractivity contribution in [2.45, 2.75) is 71.6 Å². The first-order valence-electron chi connectivity index (χ1n) is 17.5. The van der Waals surface area contributed by atoms with Crippen LogP contribution >= 0.6 is 0 Å². The van der Waals surface area contributed by atoms with Crippen LogP contribution in [0.4, 0.5) is 22.0 Å². The lowest BCUT2D eigenvalue weighted by molar-refractivity contribution is -0.275. The fourth-order valence-electron chi connectivity index (χ4n) is 7.61. The highest BCUT2D eigenvalue weighted by Crippen LogP contribution is 2.40. The molecule has 0 spiro atoms. The third-order valence-corrected chi connectivity index (χ3v) is 10.2. The lowest BCUT2D eigenvalue weighted by Gasteiger charge is -2.22. The zero-order valence-corrected chi connectivity index (χ0v) is 29.2. The van der Waals surface area contributed by atoms with Crippen LogP contribution in [0.5, 0.6) is 11.5 Å². The van der Waals surface area contributed by atoms with Crippen LogP contribution in [-0.4, -0.2) is 64.5 Å². The van der Waals surface area contributed by atoms with Gasteiger partial charge < -0.3 is 19.0 Å². The molecule has 0 saturated carbocycles. The fraction of sp³-hybridized carbons (Fsp3) is 0.350. The van der Waals surface area contributed by atoms with Gasteiger partial charge in [-0.05, 0) is 111 Å². The number of aromatic nitrogens is 1. The van der Waals surface area contributed by atoms with E-state index in [1.807, 2.05) is 56.3 Å². The average molecular weight is 736 g/mol. The first-order valence-corrected chi connectivity index (χ1v) is 17.5. The average Bonchev–Trinajstić information content (AvgIpc) is 3.87. The molecule has 0 radical (unpaired) electrons. The molecule has 8 nitrogen and oxygen atoms in total. The maximum absolute atomic E-state index is 13.5. The number of likely N-dealkylation sites (tertiary alicyclic amines) is 2. The van der Waals surface area contributed by atoms with Gasteiger partial charge in [0.15, 0.2) is 5.58 Å². The minimum Gasteiger partial charge on any atom is -0.480 e. The zero-order chi connectivity index (χ0) is 37.4. The molecule has 2 aliphatic heterocycles. The van der Waals surface area contributed by atoms with E-state index in [4.69, 9.17) is 14.1 Å². The number of fused-ring (bicyclic) bond motifs is 1. The Morgan fingerprint density at radius 3 is 2.23 bits per heavy atom. The first-order chi connectivity index (χ1) is 25.3. The molecule has 2 aliphatic rings. The van der Waals surface area contributed by atoms with Gasteiger partial charge in [0.1, 0.15) is 23.1 Å². The Hall–Kier alpha value is -5.01. The molecule has 0 unspecified atom stereocenters. The van der Waals surface area contributed by atoms with Crippen LogP contribution in [0.3, 0.4) is 0 Å². The SMILES string of the molecule is Cc1c(-c2ccc(CN3CCCC3)c(OC(F)(F)F)c2)cccc1-c1cccc(-c2nc3cc(CN4CCC[C@H]4C(=O)O)c(OC(F)F)cc3o2)c1C. The van der Waals surface area contributed by atoms with Crippen LogP contribution in [0.1, 0.15) is 47.9 Å². The van der Waals surface area contributed by atoms with Crippen molar-refractivity contribution >= 4 is 17.1 Å². The van der Waals surface area contributed by atoms with Crippen LogP contribution in [0, 0.1) is 13.8 Å². The summed E-state index contributed by atoms with van der Waals surface area (Å²) in [5, 5.41) is 9.64. The molecule has 7 rings (SSSR count). The third kappa shape index (κ3) is 7.86. The molecule has 2 saturated heterocycles. The zero-order valence-electron chi connectivity index (χ0n) is 29.2. The Balaban J connectivity index is 1.23. The molecule has 0 aliphatic carbocycles. The summed E-state index contributed by atoms with van der Waals surface area (Å²) >= 11 is 0. The smallest absolute Gasteiger partial charge is 0.480 e. The summed E-state index contributed by atoms with van der Waals surface area (Å²) < 4.78 is 83.0. The first kappa shape index (κ1) is 36.4. The van der Waals surface area contributed by atoms with Gasteiger partial charge in [-0.1, -0.05) is 42.5 Å². The summed E-state index contributed by atoms with van der Waals surface area (Å²) in [7, 11) is 0. The van der Waals surface area contributed by atoms with Gasteiger partial charge in [-0.2, -0.15) is 8.78 Å². The lowest BCUT2D eigenvalue weighted by atomic mass is 9.89. The summed E-state index contributed by atoms with van der Waals surface area (Å²) in [6.45, 7) is 3.36. The summed E-state index contributed by atoms with van der Waals surface area (Å²) in [5.74, 6) is -1.04. The largest absolute Gasteiger partial charge is 0.573 e. The number of halogens is 5. The summed E-state index contributed by atoms with van der Waals surface area (Å²) in [6.07, 6.45) is -1.67. The predicted molar refractivity (Wildman–Crippen MR) is 189 cm³/mol. The highest BCUT2D eigenvalue weighted by Gasteiger charge is 2.33. The van der Waals surface area contributed by atoms with Crippen molar-refractivity contribution in [2.24, 2.45) is 0 Å². The van der Waals surface area contributed by atoms with Crippen molar-refractivity contribution in [2.75, 3.05) is 19.6 Å². The normalized spacial score (nSPS) is 16.9. The molecule has 53 heavy (non-hydrogen) atoms. The molecule has 1 atom stereocenters. The third-order valence-electron chi connectivity index (χ3n) is 10.2. The Morgan fingerprint density at radius 1 is 0.868 bits per heavy atom. The molecule has 13 heteroatoms. The molecule has 3 heterocycles. The molecular formula is C40H38F5N3O5. The van der Waals surface area contributed by atoms with Gasteiger partial charge in [0.2, 0.25) is 5.89 Å². The molecule has 0 amide bonds. The predicted octanol–water partition coefficient (Wildman–Crippen LogP) is 9.59. The Bertz CT molecular complexity index is 2140. The number of rotatable bonds is 11.